The van der Waals surface area contributed by atoms with Gasteiger partial charge < -0.3 is 21.3 Å². The molecule has 0 saturated carbocycles. The monoisotopic (exact) mass is 362 g/mol. The first-order chi connectivity index (χ1) is 13.1. The molecule has 8 heteroatoms. The Balaban J connectivity index is 1.69. The molecule has 0 bridgehead atoms. The third-order valence-electron chi connectivity index (χ3n) is 4.23. The van der Waals surface area contributed by atoms with Crippen LogP contribution in [0.4, 0.5) is 11.5 Å². The molecule has 0 aliphatic carbocycles. The van der Waals surface area contributed by atoms with Gasteiger partial charge in [0.05, 0.1) is 11.9 Å². The standard InChI is InChI=1S/C19H18N6O2/c20-18-16-17(12-6-7-14(26)15(27)10-12)24-25(19(16)23-11-22-18)9-8-21-13-4-2-1-3-5-13/h1-7,10-11,21,26-27H,8-9H2,(H2,20,22,23). The van der Waals surface area contributed by atoms with Crippen molar-refractivity contribution in [2.24, 2.45) is 0 Å². The lowest BCUT2D eigenvalue weighted by molar-refractivity contribution is 0.404. The summed E-state index contributed by atoms with van der Waals surface area (Å²) in [6, 6.07) is 14.4. The lowest BCUT2D eigenvalue weighted by atomic mass is 10.1. The van der Waals surface area contributed by atoms with Crippen molar-refractivity contribution in [3.05, 3.63) is 54.9 Å². The Morgan fingerprint density at radius 3 is 2.59 bits per heavy atom. The number of anilines is 2. The van der Waals surface area contributed by atoms with Gasteiger partial charge in [0.15, 0.2) is 17.1 Å². The SMILES string of the molecule is Nc1ncnc2c1c(-c1ccc(O)c(O)c1)nn2CCNc1ccccc1. The topological polar surface area (TPSA) is 122 Å². The molecule has 136 valence electrons. The van der Waals surface area contributed by atoms with Crippen LogP contribution in [0.1, 0.15) is 0 Å². The predicted molar refractivity (Wildman–Crippen MR) is 103 cm³/mol. The van der Waals surface area contributed by atoms with Gasteiger partial charge in [-0.1, -0.05) is 18.2 Å². The highest BCUT2D eigenvalue weighted by atomic mass is 16.3. The number of phenolic OH excluding ortho intramolecular Hbond substituents is 2. The zero-order valence-electron chi connectivity index (χ0n) is 14.4. The molecule has 27 heavy (non-hydrogen) atoms. The van der Waals surface area contributed by atoms with E-state index in [1.165, 1.54) is 18.5 Å². The molecule has 8 nitrogen and oxygen atoms in total. The van der Waals surface area contributed by atoms with Crippen molar-refractivity contribution in [3.8, 4) is 22.8 Å². The Labute approximate surface area is 154 Å². The smallest absolute Gasteiger partial charge is 0.164 e. The van der Waals surface area contributed by atoms with E-state index < -0.39 is 0 Å². The van der Waals surface area contributed by atoms with Gasteiger partial charge in [-0.05, 0) is 30.3 Å². The van der Waals surface area contributed by atoms with E-state index in [0.717, 1.165) is 5.69 Å². The average Bonchev–Trinajstić information content (AvgIpc) is 3.05. The number of rotatable bonds is 5. The number of hydrogen-bond acceptors (Lipinski definition) is 7. The van der Waals surface area contributed by atoms with Gasteiger partial charge in [-0.15, -0.1) is 0 Å². The third-order valence-corrected chi connectivity index (χ3v) is 4.23. The van der Waals surface area contributed by atoms with Crippen molar-refractivity contribution in [2.45, 2.75) is 6.54 Å². The van der Waals surface area contributed by atoms with Gasteiger partial charge in [0.25, 0.3) is 0 Å². The second-order valence-corrected chi connectivity index (χ2v) is 6.03. The van der Waals surface area contributed by atoms with Crippen LogP contribution >= 0.6 is 0 Å². The summed E-state index contributed by atoms with van der Waals surface area (Å²) < 4.78 is 1.75. The number of aromatic hydroxyl groups is 2. The van der Waals surface area contributed by atoms with E-state index in [2.05, 4.69) is 20.4 Å². The normalized spacial score (nSPS) is 11.0. The first-order valence-corrected chi connectivity index (χ1v) is 8.42. The summed E-state index contributed by atoms with van der Waals surface area (Å²) in [5, 5.41) is 27.9. The number of fused-ring (bicyclic) bond motifs is 1. The number of phenols is 2. The summed E-state index contributed by atoms with van der Waals surface area (Å²) >= 11 is 0. The van der Waals surface area contributed by atoms with Crippen LogP contribution < -0.4 is 11.1 Å². The van der Waals surface area contributed by atoms with Crippen LogP contribution in [0.3, 0.4) is 0 Å². The maximum Gasteiger partial charge on any atom is 0.164 e. The third kappa shape index (κ3) is 3.20. The van der Waals surface area contributed by atoms with Crippen LogP contribution in [0.2, 0.25) is 0 Å². The molecule has 0 aliphatic rings. The minimum atomic E-state index is -0.226. The van der Waals surface area contributed by atoms with Crippen molar-refractivity contribution in [2.75, 3.05) is 17.6 Å². The molecule has 0 amide bonds. The number of benzene rings is 2. The number of para-hydroxylation sites is 1. The Morgan fingerprint density at radius 2 is 1.81 bits per heavy atom. The largest absolute Gasteiger partial charge is 0.504 e. The molecule has 0 spiro atoms. The number of hydrogen-bond donors (Lipinski definition) is 4. The summed E-state index contributed by atoms with van der Waals surface area (Å²) in [7, 11) is 0. The van der Waals surface area contributed by atoms with Crippen LogP contribution in [0.5, 0.6) is 11.5 Å². The van der Waals surface area contributed by atoms with Gasteiger partial charge in [-0.25, -0.2) is 14.6 Å². The van der Waals surface area contributed by atoms with Crippen LogP contribution in [-0.4, -0.2) is 36.5 Å². The van der Waals surface area contributed by atoms with Crippen LogP contribution in [0.25, 0.3) is 22.3 Å². The van der Waals surface area contributed by atoms with Crippen molar-refractivity contribution in [1.82, 2.24) is 19.7 Å². The fourth-order valence-electron chi connectivity index (χ4n) is 2.92. The minimum absolute atomic E-state index is 0.196. The summed E-state index contributed by atoms with van der Waals surface area (Å²) in [6.07, 6.45) is 1.40. The highest BCUT2D eigenvalue weighted by molar-refractivity contribution is 5.98. The average molecular weight is 362 g/mol. The quantitative estimate of drug-likeness (QED) is 0.403. The molecule has 0 radical (unpaired) electrons. The second kappa shape index (κ2) is 6.83. The minimum Gasteiger partial charge on any atom is -0.504 e. The molecule has 2 heterocycles. The molecule has 0 aliphatic heterocycles. The number of nitrogen functional groups attached to an aromatic ring is 1. The molecule has 2 aromatic carbocycles. The molecule has 0 atom stereocenters. The fraction of sp³-hybridized carbons (Fsp3) is 0.105. The maximum atomic E-state index is 9.82. The fourth-order valence-corrected chi connectivity index (χ4v) is 2.92. The Hall–Kier alpha value is -3.81. The van der Waals surface area contributed by atoms with Crippen LogP contribution in [0, 0.1) is 0 Å². The summed E-state index contributed by atoms with van der Waals surface area (Å²) in [5.74, 6) is -0.111. The molecule has 0 unspecified atom stereocenters. The first kappa shape index (κ1) is 16.6. The van der Waals surface area contributed by atoms with Crippen LogP contribution in [-0.2, 0) is 6.54 Å². The molecular weight excluding hydrogens is 344 g/mol. The maximum absolute atomic E-state index is 9.82. The lowest BCUT2D eigenvalue weighted by Crippen LogP contribution is -2.12. The number of nitrogens with zero attached hydrogens (tertiary/aromatic N) is 4. The van der Waals surface area contributed by atoms with E-state index in [1.807, 2.05) is 30.3 Å². The van der Waals surface area contributed by atoms with E-state index in [-0.39, 0.29) is 11.5 Å². The summed E-state index contributed by atoms with van der Waals surface area (Å²) in [4.78, 5) is 8.38. The van der Waals surface area contributed by atoms with Gasteiger partial charge in [-0.3, -0.25) is 0 Å². The van der Waals surface area contributed by atoms with Crippen molar-refractivity contribution >= 4 is 22.5 Å². The van der Waals surface area contributed by atoms with Gasteiger partial charge in [0.2, 0.25) is 0 Å². The number of nitrogens with two attached hydrogens (primary N) is 1. The van der Waals surface area contributed by atoms with E-state index in [9.17, 15) is 10.2 Å². The molecule has 4 rings (SSSR count). The first-order valence-electron chi connectivity index (χ1n) is 8.42. The van der Waals surface area contributed by atoms with Gasteiger partial charge in [-0.2, -0.15) is 5.10 Å². The van der Waals surface area contributed by atoms with Crippen molar-refractivity contribution < 1.29 is 10.2 Å². The lowest BCUT2D eigenvalue weighted by Gasteiger charge is -2.06. The van der Waals surface area contributed by atoms with Gasteiger partial charge in [0, 0.05) is 17.8 Å². The number of nitrogens with one attached hydrogen (secondary N) is 1. The predicted octanol–water partition coefficient (Wildman–Crippen LogP) is 2.60. The second-order valence-electron chi connectivity index (χ2n) is 6.03. The zero-order valence-corrected chi connectivity index (χ0v) is 14.4. The van der Waals surface area contributed by atoms with Crippen molar-refractivity contribution in [3.63, 3.8) is 0 Å². The Morgan fingerprint density at radius 1 is 1.00 bits per heavy atom. The van der Waals surface area contributed by atoms with E-state index in [0.29, 0.717) is 41.2 Å². The van der Waals surface area contributed by atoms with Gasteiger partial charge in [0.1, 0.15) is 17.8 Å². The summed E-state index contributed by atoms with van der Waals surface area (Å²) in [6.45, 7) is 1.21. The molecule has 0 saturated heterocycles. The van der Waals surface area contributed by atoms with E-state index in [1.54, 1.807) is 10.7 Å². The van der Waals surface area contributed by atoms with Crippen molar-refractivity contribution in [1.29, 1.82) is 0 Å². The van der Waals surface area contributed by atoms with E-state index in [4.69, 9.17) is 5.73 Å². The highest BCUT2D eigenvalue weighted by Gasteiger charge is 2.17. The molecule has 4 aromatic rings. The Bertz CT molecular complexity index is 1090. The Kier molecular flexibility index (Phi) is 4.21. The van der Waals surface area contributed by atoms with Crippen LogP contribution in [0.15, 0.2) is 54.9 Å². The van der Waals surface area contributed by atoms with E-state index >= 15 is 0 Å². The number of aromatic nitrogens is 4. The zero-order chi connectivity index (χ0) is 18.8. The summed E-state index contributed by atoms with van der Waals surface area (Å²) in [5.41, 5.74) is 8.87. The van der Waals surface area contributed by atoms with Gasteiger partial charge >= 0.3 is 0 Å². The molecule has 5 N–H and O–H groups in total. The highest BCUT2D eigenvalue weighted by Crippen LogP contribution is 2.34. The molecular formula is C19H18N6O2. The molecule has 2 aromatic heterocycles. The molecule has 0 fully saturated rings.